The summed E-state index contributed by atoms with van der Waals surface area (Å²) in [6.07, 6.45) is 2.36. The van der Waals surface area contributed by atoms with E-state index >= 15 is 0 Å². The van der Waals surface area contributed by atoms with Crippen molar-refractivity contribution in [3.05, 3.63) is 24.0 Å². The van der Waals surface area contributed by atoms with Gasteiger partial charge in [0.1, 0.15) is 11.6 Å². The summed E-state index contributed by atoms with van der Waals surface area (Å²) in [4.78, 5) is 11.9. The van der Waals surface area contributed by atoms with Crippen LogP contribution in [-0.4, -0.2) is 31.9 Å². The second-order valence-corrected chi connectivity index (χ2v) is 4.99. The number of ether oxygens (including phenoxy) is 2. The summed E-state index contributed by atoms with van der Waals surface area (Å²) in [5, 5.41) is 5.02. The molecule has 22 heavy (non-hydrogen) atoms. The first-order valence-electron chi connectivity index (χ1n) is 6.82. The van der Waals surface area contributed by atoms with Crippen molar-refractivity contribution < 1.29 is 27.4 Å². The number of rotatable bonds is 5. The van der Waals surface area contributed by atoms with Crippen LogP contribution in [0.1, 0.15) is 19.3 Å². The average molecular weight is 318 g/mol. The van der Waals surface area contributed by atoms with Crippen LogP contribution in [0, 0.1) is 5.82 Å². The second-order valence-electron chi connectivity index (χ2n) is 4.99. The van der Waals surface area contributed by atoms with Gasteiger partial charge in [0.05, 0.1) is 11.8 Å². The number of hydrogen-bond acceptors (Lipinski definition) is 3. The molecular formula is C14H17F3N2O3. The fourth-order valence-corrected chi connectivity index (χ4v) is 2.43. The Kier molecular flexibility index (Phi) is 5.48. The minimum Gasteiger partial charge on any atom is -0.433 e. The molecule has 0 spiro atoms. The van der Waals surface area contributed by atoms with Crippen molar-refractivity contribution in [1.82, 2.24) is 5.32 Å². The van der Waals surface area contributed by atoms with Crippen LogP contribution >= 0.6 is 0 Å². The summed E-state index contributed by atoms with van der Waals surface area (Å²) in [5.41, 5.74) is -0.154. The zero-order valence-corrected chi connectivity index (χ0v) is 11.9. The van der Waals surface area contributed by atoms with Gasteiger partial charge in [-0.3, -0.25) is 0 Å². The van der Waals surface area contributed by atoms with Crippen molar-refractivity contribution in [3.63, 3.8) is 0 Å². The Balaban J connectivity index is 1.97. The summed E-state index contributed by atoms with van der Waals surface area (Å²) in [5.74, 6) is -0.968. The molecule has 2 N–H and O–H groups in total. The van der Waals surface area contributed by atoms with E-state index in [0.29, 0.717) is 6.42 Å². The monoisotopic (exact) mass is 318 g/mol. The highest BCUT2D eigenvalue weighted by Crippen LogP contribution is 2.27. The Hall–Kier alpha value is -1.96. The molecule has 2 amide bonds. The van der Waals surface area contributed by atoms with Crippen molar-refractivity contribution in [3.8, 4) is 5.75 Å². The van der Waals surface area contributed by atoms with Gasteiger partial charge >= 0.3 is 12.6 Å². The van der Waals surface area contributed by atoms with E-state index in [1.807, 2.05) is 0 Å². The number of halogens is 3. The maximum atomic E-state index is 13.2. The molecule has 1 saturated carbocycles. The van der Waals surface area contributed by atoms with Crippen molar-refractivity contribution in [2.24, 2.45) is 0 Å². The molecule has 0 saturated heterocycles. The molecule has 122 valence electrons. The number of amides is 2. The van der Waals surface area contributed by atoms with Crippen LogP contribution in [0.25, 0.3) is 0 Å². The Morgan fingerprint density at radius 2 is 2.14 bits per heavy atom. The fraction of sp³-hybridized carbons (Fsp3) is 0.500. The van der Waals surface area contributed by atoms with E-state index in [9.17, 15) is 18.0 Å². The summed E-state index contributed by atoms with van der Waals surface area (Å²) >= 11 is 0. The number of methoxy groups -OCH3 is 1. The predicted molar refractivity (Wildman–Crippen MR) is 73.6 cm³/mol. The second kappa shape index (κ2) is 7.35. The van der Waals surface area contributed by atoms with Gasteiger partial charge in [-0.25, -0.2) is 9.18 Å². The molecule has 0 heterocycles. The molecule has 1 aliphatic rings. The van der Waals surface area contributed by atoms with E-state index < -0.39 is 18.5 Å². The quantitative estimate of drug-likeness (QED) is 0.877. The van der Waals surface area contributed by atoms with E-state index in [4.69, 9.17) is 4.74 Å². The lowest BCUT2D eigenvalue weighted by Crippen LogP contribution is -2.36. The molecule has 2 atom stereocenters. The first-order valence-corrected chi connectivity index (χ1v) is 6.82. The molecule has 0 radical (unpaired) electrons. The molecule has 8 heteroatoms. The van der Waals surface area contributed by atoms with Gasteiger partial charge in [-0.1, -0.05) is 0 Å². The molecule has 1 aliphatic carbocycles. The molecule has 0 bridgehead atoms. The number of nitrogens with one attached hydrogen (secondary N) is 2. The highest BCUT2D eigenvalue weighted by molar-refractivity contribution is 5.91. The van der Waals surface area contributed by atoms with Gasteiger partial charge in [0.2, 0.25) is 0 Å². The summed E-state index contributed by atoms with van der Waals surface area (Å²) in [7, 11) is 1.60. The van der Waals surface area contributed by atoms with Crippen LogP contribution in [0.5, 0.6) is 5.75 Å². The van der Waals surface area contributed by atoms with Crippen molar-refractivity contribution in [2.75, 3.05) is 12.4 Å². The normalized spacial score (nSPS) is 21.0. The number of hydrogen-bond donors (Lipinski definition) is 2. The number of anilines is 1. The number of benzene rings is 1. The standard InChI is InChI=1S/C14H17F3N2O3/c1-21-10-4-3-9(7-10)18-14(20)19-11-6-8(15)2-5-12(11)22-13(16)17/h2,5-6,9-10,13H,3-4,7H2,1H3,(H2,18,19,20)/t9-,10-/m0/s1. The maximum Gasteiger partial charge on any atom is 0.387 e. The smallest absolute Gasteiger partial charge is 0.387 e. The lowest BCUT2D eigenvalue weighted by atomic mass is 10.2. The Labute approximate surface area is 125 Å². The van der Waals surface area contributed by atoms with E-state index in [1.165, 1.54) is 0 Å². The zero-order chi connectivity index (χ0) is 16.1. The van der Waals surface area contributed by atoms with E-state index in [-0.39, 0.29) is 23.6 Å². The van der Waals surface area contributed by atoms with E-state index in [1.54, 1.807) is 7.11 Å². The maximum absolute atomic E-state index is 13.2. The molecule has 1 aromatic rings. The van der Waals surface area contributed by atoms with Crippen molar-refractivity contribution in [1.29, 1.82) is 0 Å². The third kappa shape index (κ3) is 4.52. The molecule has 1 fully saturated rings. The molecule has 0 aliphatic heterocycles. The molecule has 0 unspecified atom stereocenters. The van der Waals surface area contributed by atoms with Gasteiger partial charge in [-0.05, 0) is 31.4 Å². The van der Waals surface area contributed by atoms with Gasteiger partial charge in [0.15, 0.2) is 0 Å². The van der Waals surface area contributed by atoms with Crippen LogP contribution < -0.4 is 15.4 Å². The van der Waals surface area contributed by atoms with Crippen LogP contribution in [0.4, 0.5) is 23.7 Å². The molecular weight excluding hydrogens is 301 g/mol. The largest absolute Gasteiger partial charge is 0.433 e. The summed E-state index contributed by atoms with van der Waals surface area (Å²) in [6, 6.07) is 2.25. The SMILES string of the molecule is CO[C@H]1CC[C@H](NC(=O)Nc2cc(F)ccc2OC(F)F)C1. The van der Waals surface area contributed by atoms with E-state index in [0.717, 1.165) is 31.0 Å². The number of alkyl halides is 2. The molecule has 5 nitrogen and oxygen atoms in total. The van der Waals surface area contributed by atoms with Crippen LogP contribution in [0.15, 0.2) is 18.2 Å². The first kappa shape index (κ1) is 16.4. The highest BCUT2D eigenvalue weighted by Gasteiger charge is 2.26. The van der Waals surface area contributed by atoms with Crippen molar-refractivity contribution in [2.45, 2.75) is 38.0 Å². The minimum atomic E-state index is -3.06. The average Bonchev–Trinajstić information content (AvgIpc) is 2.89. The first-order chi connectivity index (χ1) is 10.5. The fourth-order valence-electron chi connectivity index (χ4n) is 2.43. The summed E-state index contributed by atoms with van der Waals surface area (Å²) < 4.78 is 47.2. The topological polar surface area (TPSA) is 59.6 Å². The number of carbonyl (C=O) groups excluding carboxylic acids is 1. The highest BCUT2D eigenvalue weighted by atomic mass is 19.3. The van der Waals surface area contributed by atoms with Gasteiger partial charge in [0, 0.05) is 19.2 Å². The molecule has 0 aromatic heterocycles. The Morgan fingerprint density at radius 3 is 2.77 bits per heavy atom. The Bertz CT molecular complexity index is 528. The lowest BCUT2D eigenvalue weighted by molar-refractivity contribution is -0.0494. The third-order valence-electron chi connectivity index (χ3n) is 3.46. The van der Waals surface area contributed by atoms with Crippen molar-refractivity contribution >= 4 is 11.7 Å². The molecule has 1 aromatic carbocycles. The zero-order valence-electron chi connectivity index (χ0n) is 11.9. The van der Waals surface area contributed by atoms with Gasteiger partial charge in [-0.2, -0.15) is 8.78 Å². The van der Waals surface area contributed by atoms with Crippen LogP contribution in [0.3, 0.4) is 0 Å². The van der Waals surface area contributed by atoms with E-state index in [2.05, 4.69) is 15.4 Å². The Morgan fingerprint density at radius 1 is 1.36 bits per heavy atom. The predicted octanol–water partition coefficient (Wildman–Crippen LogP) is 3.12. The van der Waals surface area contributed by atoms with Crippen LogP contribution in [-0.2, 0) is 4.74 Å². The lowest BCUT2D eigenvalue weighted by Gasteiger charge is -2.16. The third-order valence-corrected chi connectivity index (χ3v) is 3.46. The van der Waals surface area contributed by atoms with Crippen LogP contribution in [0.2, 0.25) is 0 Å². The summed E-state index contributed by atoms with van der Waals surface area (Å²) in [6.45, 7) is -3.06. The van der Waals surface area contributed by atoms with Gasteiger partial charge in [0.25, 0.3) is 0 Å². The number of carbonyl (C=O) groups is 1. The van der Waals surface area contributed by atoms with Gasteiger partial charge < -0.3 is 20.1 Å². The number of urea groups is 1. The van der Waals surface area contributed by atoms with Gasteiger partial charge in [-0.15, -0.1) is 0 Å². The molecule has 2 rings (SSSR count). The minimum absolute atomic E-state index is 0.0713.